The van der Waals surface area contributed by atoms with Gasteiger partial charge in [0.25, 0.3) is 5.56 Å². The van der Waals surface area contributed by atoms with E-state index in [2.05, 4.69) is 4.98 Å². The van der Waals surface area contributed by atoms with Gasteiger partial charge in [-0.25, -0.2) is 9.78 Å². The first-order valence-electron chi connectivity index (χ1n) is 11.2. The maximum absolute atomic E-state index is 13.4. The first kappa shape index (κ1) is 25.4. The number of hydrogen-bond donors (Lipinski definition) is 1. The van der Waals surface area contributed by atoms with Crippen molar-refractivity contribution in [1.29, 1.82) is 0 Å². The number of pyridine rings is 2. The van der Waals surface area contributed by atoms with Gasteiger partial charge in [0.1, 0.15) is 6.61 Å². The van der Waals surface area contributed by atoms with E-state index in [9.17, 15) is 27.9 Å². The molecule has 4 heterocycles. The number of rotatable bonds is 0. The van der Waals surface area contributed by atoms with Crippen molar-refractivity contribution in [3.63, 3.8) is 0 Å². The van der Waals surface area contributed by atoms with Gasteiger partial charge in [-0.15, -0.1) is 0 Å². The van der Waals surface area contributed by atoms with Crippen molar-refractivity contribution in [1.82, 2.24) is 9.55 Å². The smallest absolute Gasteiger partial charge is 0.416 e. The lowest BCUT2D eigenvalue weighted by atomic mass is 9.96. The molecule has 3 aromatic rings. The lowest BCUT2D eigenvalue weighted by Gasteiger charge is -2.21. The highest BCUT2D eigenvalue weighted by Gasteiger charge is 2.36. The second-order valence-electron chi connectivity index (χ2n) is 7.60. The van der Waals surface area contributed by atoms with E-state index in [0.717, 1.165) is 6.07 Å². The standard InChI is InChI=1S/C21H15F3N2O4.2C2H6/c1-8-9(2)14(21(22,23)24)5-15-11(8)3-10-6-26-16(17(10)25-15)4-12-13(19(26)28)7-30-20(29)18(12)27;2*1-2/h3-5,18,27H,6-7H2,1-2H3;2*1-2H3. The van der Waals surface area contributed by atoms with E-state index in [1.54, 1.807) is 13.0 Å². The minimum Gasteiger partial charge on any atom is -0.458 e. The highest BCUT2D eigenvalue weighted by atomic mass is 19.4. The van der Waals surface area contributed by atoms with Crippen LogP contribution in [0.5, 0.6) is 0 Å². The second-order valence-corrected chi connectivity index (χ2v) is 7.60. The first-order chi connectivity index (χ1) is 16.1. The monoisotopic (exact) mass is 476 g/mol. The van der Waals surface area contributed by atoms with Crippen molar-refractivity contribution < 1.29 is 27.8 Å². The number of nitrogens with zero attached hydrogens (tertiary/aromatic N) is 2. The molecular formula is C25H27F3N2O4. The molecule has 5 rings (SSSR count). The summed E-state index contributed by atoms with van der Waals surface area (Å²) >= 11 is 0. The van der Waals surface area contributed by atoms with E-state index in [1.807, 2.05) is 27.7 Å². The molecule has 182 valence electrons. The van der Waals surface area contributed by atoms with E-state index >= 15 is 0 Å². The molecule has 0 bridgehead atoms. The van der Waals surface area contributed by atoms with Crippen LogP contribution in [0.3, 0.4) is 0 Å². The molecule has 0 radical (unpaired) electrons. The number of aliphatic hydroxyl groups excluding tert-OH is 1. The van der Waals surface area contributed by atoms with E-state index in [-0.39, 0.29) is 35.4 Å². The molecule has 1 unspecified atom stereocenters. The Morgan fingerprint density at radius 2 is 1.71 bits per heavy atom. The molecule has 34 heavy (non-hydrogen) atoms. The van der Waals surface area contributed by atoms with Crippen LogP contribution < -0.4 is 5.56 Å². The Kier molecular flexibility index (Phi) is 6.89. The van der Waals surface area contributed by atoms with Crippen LogP contribution in [0.15, 0.2) is 23.0 Å². The summed E-state index contributed by atoms with van der Waals surface area (Å²) in [6.07, 6.45) is -6.10. The van der Waals surface area contributed by atoms with Gasteiger partial charge in [-0.2, -0.15) is 13.2 Å². The van der Waals surface area contributed by atoms with E-state index in [0.29, 0.717) is 27.9 Å². The summed E-state index contributed by atoms with van der Waals surface area (Å²) in [5.41, 5.74) is 1.36. The number of carbonyl (C=O) groups excluding carboxylic acids is 1. The molecule has 0 amide bonds. The molecule has 2 aliphatic rings. The van der Waals surface area contributed by atoms with E-state index in [4.69, 9.17) is 4.74 Å². The number of halogens is 3. The lowest BCUT2D eigenvalue weighted by molar-refractivity contribution is -0.157. The fourth-order valence-electron chi connectivity index (χ4n) is 4.23. The van der Waals surface area contributed by atoms with Gasteiger partial charge in [0.05, 0.1) is 34.6 Å². The lowest BCUT2D eigenvalue weighted by Crippen LogP contribution is -2.32. The Labute approximate surface area is 195 Å². The molecule has 0 spiro atoms. The highest BCUT2D eigenvalue weighted by molar-refractivity contribution is 5.89. The van der Waals surface area contributed by atoms with Crippen LogP contribution in [0.4, 0.5) is 13.2 Å². The molecule has 1 aromatic carbocycles. The van der Waals surface area contributed by atoms with Crippen LogP contribution in [0.1, 0.15) is 67.2 Å². The molecule has 0 saturated carbocycles. The zero-order chi connectivity index (χ0) is 25.5. The molecule has 0 saturated heterocycles. The number of fused-ring (bicyclic) bond motifs is 5. The van der Waals surface area contributed by atoms with Gasteiger partial charge in [0.2, 0.25) is 0 Å². The largest absolute Gasteiger partial charge is 0.458 e. The van der Waals surface area contributed by atoms with Gasteiger partial charge >= 0.3 is 12.1 Å². The Morgan fingerprint density at radius 3 is 2.32 bits per heavy atom. The van der Waals surface area contributed by atoms with Gasteiger partial charge in [0, 0.05) is 16.5 Å². The van der Waals surface area contributed by atoms with Crippen LogP contribution >= 0.6 is 0 Å². The Bertz CT molecular complexity index is 1340. The number of aryl methyl sites for hydroxylation is 1. The number of cyclic esters (lactones) is 1. The summed E-state index contributed by atoms with van der Waals surface area (Å²) in [6.45, 7) is 11.0. The second kappa shape index (κ2) is 9.21. The van der Waals surface area contributed by atoms with Gasteiger partial charge in [-0.05, 0) is 43.2 Å². The van der Waals surface area contributed by atoms with Gasteiger partial charge in [-0.3, -0.25) is 4.79 Å². The SMILES string of the molecule is CC.CC.Cc1c(C(F)(F)F)cc2nc3c(cc2c1C)Cn1c-3cc2c(c1=O)COC(=O)C2O. The normalized spacial score (nSPS) is 15.8. The van der Waals surface area contributed by atoms with Gasteiger partial charge in [0.15, 0.2) is 6.10 Å². The molecule has 2 aliphatic heterocycles. The van der Waals surface area contributed by atoms with Crippen molar-refractivity contribution >= 4 is 16.9 Å². The zero-order valence-corrected chi connectivity index (χ0v) is 19.9. The average molecular weight is 476 g/mol. The number of aromatic nitrogens is 2. The topological polar surface area (TPSA) is 81.4 Å². The van der Waals surface area contributed by atoms with Crippen LogP contribution in [0, 0.1) is 13.8 Å². The number of esters is 1. The summed E-state index contributed by atoms with van der Waals surface area (Å²) < 4.78 is 46.6. The van der Waals surface area contributed by atoms with Gasteiger partial charge < -0.3 is 14.4 Å². The van der Waals surface area contributed by atoms with Crippen LogP contribution in [0.25, 0.3) is 22.3 Å². The van der Waals surface area contributed by atoms with Crippen LogP contribution in [-0.2, 0) is 28.9 Å². The number of aliphatic hydroxyl groups is 1. The number of ether oxygens (including phenoxy) is 1. The Morgan fingerprint density at radius 1 is 1.06 bits per heavy atom. The number of hydrogen-bond acceptors (Lipinski definition) is 5. The molecular weight excluding hydrogens is 449 g/mol. The molecule has 6 nitrogen and oxygen atoms in total. The van der Waals surface area contributed by atoms with E-state index < -0.39 is 29.4 Å². The van der Waals surface area contributed by atoms with Crippen molar-refractivity contribution in [2.24, 2.45) is 0 Å². The predicted octanol–water partition coefficient (Wildman–Crippen LogP) is 5.20. The summed E-state index contributed by atoms with van der Waals surface area (Å²) in [4.78, 5) is 29.0. The summed E-state index contributed by atoms with van der Waals surface area (Å²) in [5, 5.41) is 10.7. The molecule has 1 N–H and O–H groups in total. The number of carbonyl (C=O) groups is 1. The van der Waals surface area contributed by atoms with Crippen molar-refractivity contribution in [3.8, 4) is 11.4 Å². The quantitative estimate of drug-likeness (QED) is 0.353. The van der Waals surface area contributed by atoms with Crippen molar-refractivity contribution in [2.75, 3.05) is 0 Å². The maximum Gasteiger partial charge on any atom is 0.416 e. The molecule has 9 heteroatoms. The summed E-state index contributed by atoms with van der Waals surface area (Å²) in [6, 6.07) is 4.27. The zero-order valence-electron chi connectivity index (χ0n) is 19.9. The summed E-state index contributed by atoms with van der Waals surface area (Å²) in [7, 11) is 0. The molecule has 2 aromatic heterocycles. The molecule has 1 atom stereocenters. The predicted molar refractivity (Wildman–Crippen MR) is 122 cm³/mol. The minimum atomic E-state index is -4.51. The van der Waals surface area contributed by atoms with E-state index in [1.165, 1.54) is 17.6 Å². The fraction of sp³-hybridized carbons (Fsp3) is 0.400. The highest BCUT2D eigenvalue weighted by Crippen LogP contribution is 2.39. The third-order valence-corrected chi connectivity index (χ3v) is 5.97. The van der Waals surface area contributed by atoms with Crippen molar-refractivity contribution in [2.45, 2.75) is 67.0 Å². The average Bonchev–Trinajstić information content (AvgIpc) is 3.18. The van der Waals surface area contributed by atoms with Crippen LogP contribution in [0.2, 0.25) is 0 Å². The third kappa shape index (κ3) is 3.87. The Balaban J connectivity index is 0.000000771. The van der Waals surface area contributed by atoms with Crippen molar-refractivity contribution in [3.05, 3.63) is 61.9 Å². The maximum atomic E-state index is 13.4. The number of benzene rings is 1. The molecule has 0 fully saturated rings. The third-order valence-electron chi connectivity index (χ3n) is 5.97. The minimum absolute atomic E-state index is 0.138. The van der Waals surface area contributed by atoms with Crippen LogP contribution in [-0.4, -0.2) is 20.6 Å². The number of alkyl halides is 3. The summed E-state index contributed by atoms with van der Waals surface area (Å²) in [5.74, 6) is -0.850. The van der Waals surface area contributed by atoms with Gasteiger partial charge in [-0.1, -0.05) is 27.7 Å². The Hall–Kier alpha value is -3.20. The fourth-order valence-corrected chi connectivity index (χ4v) is 4.23. The first-order valence-corrected chi connectivity index (χ1v) is 11.2. The molecule has 0 aliphatic carbocycles.